The molecule has 1 aromatic carbocycles. The third kappa shape index (κ3) is 4.75. The second-order valence-corrected chi connectivity index (χ2v) is 9.57. The van der Waals surface area contributed by atoms with Gasteiger partial charge in [-0.15, -0.1) is 0 Å². The number of likely N-dealkylation sites (tertiary alicyclic amines) is 1. The lowest BCUT2D eigenvalue weighted by molar-refractivity contribution is -0.0659. The molecule has 25 heavy (non-hydrogen) atoms. The Morgan fingerprint density at radius 3 is 2.00 bits per heavy atom. The minimum Gasteiger partial charge on any atom is -0.446 e. The van der Waals surface area contributed by atoms with Crippen LogP contribution in [0.4, 0.5) is 10.5 Å². The Kier molecular flexibility index (Phi) is 5.25. The molecular weight excluding hydrogens is 312 g/mol. The summed E-state index contributed by atoms with van der Waals surface area (Å²) in [6.45, 7) is 15.3. The number of carbonyl (C=O) groups is 1. The fourth-order valence-corrected chi connectivity index (χ4v) is 3.72. The van der Waals surface area contributed by atoms with Gasteiger partial charge in [0.05, 0.1) is 0 Å². The van der Waals surface area contributed by atoms with Crippen molar-refractivity contribution in [3.05, 3.63) is 29.8 Å². The van der Waals surface area contributed by atoms with Crippen LogP contribution in [0.1, 0.15) is 66.9 Å². The van der Waals surface area contributed by atoms with Crippen molar-refractivity contribution in [2.24, 2.45) is 0 Å². The van der Waals surface area contributed by atoms with E-state index in [1.807, 2.05) is 12.1 Å². The highest BCUT2D eigenvalue weighted by molar-refractivity contribution is 5.84. The summed E-state index contributed by atoms with van der Waals surface area (Å²) in [7, 11) is 2.15. The first-order chi connectivity index (χ1) is 11.3. The number of carbonyl (C=O) groups excluding carboxylic acids is 1. The summed E-state index contributed by atoms with van der Waals surface area (Å²) < 4.78 is 5.74. The van der Waals surface area contributed by atoms with E-state index in [1.54, 1.807) is 0 Å². The number of piperidine rings is 1. The summed E-state index contributed by atoms with van der Waals surface area (Å²) in [5.41, 5.74) is 2.11. The number of benzene rings is 1. The number of hydrogen-bond donors (Lipinski definition) is 1. The maximum atomic E-state index is 12.3. The third-order valence-electron chi connectivity index (χ3n) is 5.54. The standard InChI is InChI=1S/C21H34N2O2/c1-19(2,3)15-9-11-16(12-10-15)22-18(24)25-17-13-20(4,5)23(8)21(6,7)14-17/h9-12,17H,13-14H2,1-8H3,(H,22,24). The van der Waals surface area contributed by atoms with Gasteiger partial charge in [-0.1, -0.05) is 32.9 Å². The maximum Gasteiger partial charge on any atom is 0.411 e. The van der Waals surface area contributed by atoms with Gasteiger partial charge < -0.3 is 4.74 Å². The highest BCUT2D eigenvalue weighted by Gasteiger charge is 2.44. The van der Waals surface area contributed by atoms with Crippen molar-refractivity contribution < 1.29 is 9.53 Å². The van der Waals surface area contributed by atoms with Gasteiger partial charge in [-0.2, -0.15) is 0 Å². The molecule has 0 saturated carbocycles. The quantitative estimate of drug-likeness (QED) is 0.802. The van der Waals surface area contributed by atoms with E-state index in [9.17, 15) is 4.79 Å². The molecule has 0 aromatic heterocycles. The summed E-state index contributed by atoms with van der Waals surface area (Å²) in [5, 5.41) is 2.86. The first-order valence-electron chi connectivity index (χ1n) is 9.13. The molecule has 0 atom stereocenters. The molecule has 1 aliphatic heterocycles. The number of hydrogen-bond acceptors (Lipinski definition) is 3. The van der Waals surface area contributed by atoms with Crippen LogP contribution >= 0.6 is 0 Å². The van der Waals surface area contributed by atoms with E-state index in [-0.39, 0.29) is 28.7 Å². The summed E-state index contributed by atoms with van der Waals surface area (Å²) in [5.74, 6) is 0. The minimum atomic E-state index is -0.371. The molecule has 0 spiro atoms. The van der Waals surface area contributed by atoms with Crippen molar-refractivity contribution >= 4 is 11.8 Å². The van der Waals surface area contributed by atoms with Crippen molar-refractivity contribution in [2.45, 2.75) is 83.9 Å². The second-order valence-electron chi connectivity index (χ2n) is 9.57. The Hall–Kier alpha value is -1.55. The molecule has 0 bridgehead atoms. The Bertz CT molecular complexity index is 594. The Balaban J connectivity index is 1.98. The number of nitrogens with zero attached hydrogens (tertiary/aromatic N) is 1. The van der Waals surface area contributed by atoms with E-state index in [0.717, 1.165) is 18.5 Å². The van der Waals surface area contributed by atoms with Crippen LogP contribution in [0.5, 0.6) is 0 Å². The van der Waals surface area contributed by atoms with Crippen molar-refractivity contribution in [3.63, 3.8) is 0 Å². The zero-order chi connectivity index (χ0) is 19.0. The lowest BCUT2D eigenvalue weighted by Gasteiger charge is -2.53. The number of amides is 1. The smallest absolute Gasteiger partial charge is 0.411 e. The number of ether oxygens (including phenoxy) is 1. The van der Waals surface area contributed by atoms with Gasteiger partial charge in [0.1, 0.15) is 6.10 Å². The van der Waals surface area contributed by atoms with Crippen LogP contribution in [0.3, 0.4) is 0 Å². The van der Waals surface area contributed by atoms with Gasteiger partial charge in [0.25, 0.3) is 0 Å². The Labute approximate surface area is 152 Å². The SMILES string of the molecule is CN1C(C)(C)CC(OC(=O)Nc2ccc(C(C)(C)C)cc2)CC1(C)C. The molecule has 1 N–H and O–H groups in total. The minimum absolute atomic E-state index is 0.00105. The highest BCUT2D eigenvalue weighted by atomic mass is 16.6. The number of anilines is 1. The first kappa shape index (κ1) is 19.8. The average Bonchev–Trinajstić information content (AvgIpc) is 2.43. The second kappa shape index (κ2) is 6.64. The van der Waals surface area contributed by atoms with Crippen molar-refractivity contribution in [2.75, 3.05) is 12.4 Å². The van der Waals surface area contributed by atoms with Crippen molar-refractivity contribution in [1.29, 1.82) is 0 Å². The molecule has 0 radical (unpaired) electrons. The summed E-state index contributed by atoms with van der Waals surface area (Å²) in [6.07, 6.45) is 1.23. The normalized spacial score (nSPS) is 21.0. The molecule has 1 aliphatic rings. The summed E-state index contributed by atoms with van der Waals surface area (Å²) in [6, 6.07) is 7.98. The molecule has 4 heteroatoms. The van der Waals surface area contributed by atoms with Gasteiger partial charge in [-0.25, -0.2) is 4.79 Å². The van der Waals surface area contributed by atoms with E-state index in [0.29, 0.717) is 0 Å². The van der Waals surface area contributed by atoms with Crippen LogP contribution < -0.4 is 5.32 Å². The number of rotatable bonds is 2. The van der Waals surface area contributed by atoms with Gasteiger partial charge in [0.15, 0.2) is 0 Å². The largest absolute Gasteiger partial charge is 0.446 e. The van der Waals surface area contributed by atoms with Gasteiger partial charge in [0, 0.05) is 29.6 Å². The van der Waals surface area contributed by atoms with Gasteiger partial charge in [-0.05, 0) is 57.9 Å². The monoisotopic (exact) mass is 346 g/mol. The summed E-state index contributed by atoms with van der Waals surface area (Å²) >= 11 is 0. The van der Waals surface area contributed by atoms with Gasteiger partial charge >= 0.3 is 6.09 Å². The molecule has 4 nitrogen and oxygen atoms in total. The Morgan fingerprint density at radius 2 is 1.56 bits per heavy atom. The van der Waals surface area contributed by atoms with Crippen molar-refractivity contribution in [3.8, 4) is 0 Å². The van der Waals surface area contributed by atoms with E-state index in [2.05, 4.69) is 77.9 Å². The molecule has 1 aromatic rings. The van der Waals surface area contributed by atoms with Gasteiger partial charge in [-0.3, -0.25) is 10.2 Å². The highest BCUT2D eigenvalue weighted by Crippen LogP contribution is 2.38. The molecule has 1 amide bonds. The van der Waals surface area contributed by atoms with Crippen LogP contribution in [0.2, 0.25) is 0 Å². The number of nitrogens with one attached hydrogen (secondary N) is 1. The van der Waals surface area contributed by atoms with Crippen LogP contribution in [-0.4, -0.2) is 35.2 Å². The fourth-order valence-electron chi connectivity index (χ4n) is 3.72. The van der Waals surface area contributed by atoms with E-state index >= 15 is 0 Å². The predicted octanol–water partition coefficient (Wildman–Crippen LogP) is 5.18. The molecule has 1 saturated heterocycles. The predicted molar refractivity (Wildman–Crippen MR) is 104 cm³/mol. The van der Waals surface area contributed by atoms with Crippen LogP contribution in [-0.2, 0) is 10.2 Å². The van der Waals surface area contributed by atoms with Crippen LogP contribution in [0, 0.1) is 0 Å². The molecule has 1 fully saturated rings. The van der Waals surface area contributed by atoms with Crippen molar-refractivity contribution in [1.82, 2.24) is 4.90 Å². The average molecular weight is 347 g/mol. The Morgan fingerprint density at radius 1 is 1.08 bits per heavy atom. The molecule has 140 valence electrons. The maximum absolute atomic E-state index is 12.3. The lowest BCUT2D eigenvalue weighted by atomic mass is 9.79. The topological polar surface area (TPSA) is 41.6 Å². The van der Waals surface area contributed by atoms with E-state index < -0.39 is 0 Å². The molecule has 0 unspecified atom stereocenters. The van der Waals surface area contributed by atoms with E-state index in [1.165, 1.54) is 5.56 Å². The first-order valence-corrected chi connectivity index (χ1v) is 9.13. The van der Waals surface area contributed by atoms with E-state index in [4.69, 9.17) is 4.74 Å². The van der Waals surface area contributed by atoms with Gasteiger partial charge in [0.2, 0.25) is 0 Å². The zero-order valence-corrected chi connectivity index (χ0v) is 17.1. The van der Waals surface area contributed by atoms with Crippen LogP contribution in [0.15, 0.2) is 24.3 Å². The third-order valence-corrected chi connectivity index (χ3v) is 5.54. The molecule has 0 aliphatic carbocycles. The fraction of sp³-hybridized carbons (Fsp3) is 0.667. The summed E-state index contributed by atoms with van der Waals surface area (Å²) in [4.78, 5) is 14.7. The van der Waals surface area contributed by atoms with Crippen LogP contribution in [0.25, 0.3) is 0 Å². The molecular formula is C21H34N2O2. The lowest BCUT2D eigenvalue weighted by Crippen LogP contribution is -2.60. The molecule has 2 rings (SSSR count). The zero-order valence-electron chi connectivity index (χ0n) is 17.1. The molecule has 1 heterocycles.